The molecule has 0 unspecified atom stereocenters. The first kappa shape index (κ1) is 23.1. The molecule has 2 heterocycles. The van der Waals surface area contributed by atoms with Crippen molar-refractivity contribution in [2.24, 2.45) is 12.5 Å². The first-order chi connectivity index (χ1) is 16.0. The summed E-state index contributed by atoms with van der Waals surface area (Å²) in [5.41, 5.74) is 3.87. The average molecular weight is 474 g/mol. The highest BCUT2D eigenvalue weighted by Gasteiger charge is 2.44. The average Bonchev–Trinajstić information content (AvgIpc) is 3.32. The number of carbonyl (C=O) groups excluding carboxylic acids is 3. The highest BCUT2D eigenvalue weighted by atomic mass is 19.4. The van der Waals surface area contributed by atoms with Gasteiger partial charge in [0.25, 0.3) is 11.8 Å². The molecule has 1 aliphatic rings. The number of nitrogens with one attached hydrogen (secondary N) is 4. The fourth-order valence-corrected chi connectivity index (χ4v) is 3.74. The molecule has 178 valence electrons. The number of benzene rings is 2. The van der Waals surface area contributed by atoms with E-state index in [0.717, 1.165) is 12.1 Å². The van der Waals surface area contributed by atoms with Gasteiger partial charge in [-0.1, -0.05) is 6.07 Å². The number of aryl methyl sites for hydroxylation is 1. The molecule has 1 aromatic heterocycles. The zero-order valence-electron chi connectivity index (χ0n) is 18.2. The molecule has 34 heavy (non-hydrogen) atoms. The lowest BCUT2D eigenvalue weighted by molar-refractivity contribution is -0.140. The number of amides is 3. The van der Waals surface area contributed by atoms with Gasteiger partial charge in [-0.25, -0.2) is 0 Å². The number of anilines is 2. The Kier molecular flexibility index (Phi) is 5.67. The minimum Gasteiger partial charge on any atom is -0.355 e. The van der Waals surface area contributed by atoms with E-state index in [0.29, 0.717) is 35.2 Å². The third kappa shape index (κ3) is 4.14. The van der Waals surface area contributed by atoms with Crippen molar-refractivity contribution in [3.8, 4) is 0 Å². The number of halogens is 3. The summed E-state index contributed by atoms with van der Waals surface area (Å²) in [7, 11) is 1.63. The van der Waals surface area contributed by atoms with E-state index < -0.39 is 34.9 Å². The Morgan fingerprint density at radius 3 is 2.44 bits per heavy atom. The fourth-order valence-electron chi connectivity index (χ4n) is 3.74. The van der Waals surface area contributed by atoms with Crippen molar-refractivity contribution in [3.05, 3.63) is 53.7 Å². The molecule has 4 N–H and O–H groups in total. The van der Waals surface area contributed by atoms with Crippen LogP contribution in [0.4, 0.5) is 24.5 Å². The Bertz CT molecular complexity index is 1290. The van der Waals surface area contributed by atoms with Crippen molar-refractivity contribution in [1.82, 2.24) is 25.9 Å². The van der Waals surface area contributed by atoms with E-state index in [9.17, 15) is 27.6 Å². The predicted molar refractivity (Wildman–Crippen MR) is 117 cm³/mol. The van der Waals surface area contributed by atoms with Gasteiger partial charge in [0.15, 0.2) is 5.69 Å². The lowest BCUT2D eigenvalue weighted by Crippen LogP contribution is -2.51. The molecule has 1 aliphatic heterocycles. The summed E-state index contributed by atoms with van der Waals surface area (Å²) in [6.07, 6.45) is -4.16. The Hall–Kier alpha value is -4.09. The van der Waals surface area contributed by atoms with Gasteiger partial charge in [-0.05, 0) is 49.7 Å². The van der Waals surface area contributed by atoms with Gasteiger partial charge in [0, 0.05) is 19.3 Å². The number of hydrazine groups is 1. The molecule has 2 aromatic carbocycles. The first-order valence-electron chi connectivity index (χ1n) is 10.3. The van der Waals surface area contributed by atoms with Crippen molar-refractivity contribution >= 4 is 40.0 Å². The van der Waals surface area contributed by atoms with Crippen LogP contribution in [0.15, 0.2) is 42.5 Å². The number of rotatable bonds is 4. The summed E-state index contributed by atoms with van der Waals surface area (Å²) in [6.45, 7) is 1.85. The number of aromatic nitrogens is 2. The summed E-state index contributed by atoms with van der Waals surface area (Å²) in [5.74, 6) is -1.80. The molecule has 1 saturated heterocycles. The van der Waals surface area contributed by atoms with E-state index in [1.165, 1.54) is 23.7 Å². The number of alkyl halides is 3. The molecule has 4 rings (SSSR count). The van der Waals surface area contributed by atoms with E-state index in [1.807, 2.05) is 0 Å². The maximum atomic E-state index is 12.9. The highest BCUT2D eigenvalue weighted by Crippen LogP contribution is 2.32. The molecule has 1 atom stereocenters. The second-order valence-corrected chi connectivity index (χ2v) is 8.12. The monoisotopic (exact) mass is 474 g/mol. The Labute approximate surface area is 191 Å². The zero-order valence-corrected chi connectivity index (χ0v) is 18.2. The van der Waals surface area contributed by atoms with Gasteiger partial charge in [-0.2, -0.15) is 18.3 Å². The molecule has 0 radical (unpaired) electrons. The zero-order chi connectivity index (χ0) is 24.7. The molecule has 0 bridgehead atoms. The second kappa shape index (κ2) is 8.36. The largest absolute Gasteiger partial charge is 0.416 e. The van der Waals surface area contributed by atoms with Gasteiger partial charge in [0.05, 0.1) is 22.2 Å². The van der Waals surface area contributed by atoms with Crippen LogP contribution in [0.2, 0.25) is 0 Å². The topological polar surface area (TPSA) is 117 Å². The lowest BCUT2D eigenvalue weighted by atomic mass is 9.88. The van der Waals surface area contributed by atoms with Gasteiger partial charge >= 0.3 is 6.18 Å². The summed E-state index contributed by atoms with van der Waals surface area (Å²) in [4.78, 5) is 37.3. The van der Waals surface area contributed by atoms with Gasteiger partial charge in [0.2, 0.25) is 5.91 Å². The van der Waals surface area contributed by atoms with Crippen LogP contribution in [-0.4, -0.2) is 34.0 Å². The standard InChI is InChI=1S/C22H21F3N6O3/c1-21(10-11-26-19(21)33)20(34)29-28-18(32)17-16-14(4-3-5-15(16)31(2)30-17)27-13-8-6-12(7-9-13)22(23,24)25/h3-9,27H,10-11H2,1-2H3,(H,26,33)(H,28,32)(H,29,34)/t21-/m1/s1. The van der Waals surface area contributed by atoms with Crippen LogP contribution >= 0.6 is 0 Å². The quantitative estimate of drug-likeness (QED) is 0.343. The van der Waals surface area contributed by atoms with Crippen molar-refractivity contribution in [2.75, 3.05) is 11.9 Å². The van der Waals surface area contributed by atoms with Crippen LogP contribution in [0.3, 0.4) is 0 Å². The number of fused-ring (bicyclic) bond motifs is 1. The SMILES string of the molecule is Cn1nc(C(=O)NNC(=O)[C@]2(C)CCNC2=O)c2c(Nc3ccc(C(F)(F)F)cc3)cccc21. The maximum Gasteiger partial charge on any atom is 0.416 e. The molecule has 3 aromatic rings. The molecular formula is C22H21F3N6O3. The summed E-state index contributed by atoms with van der Waals surface area (Å²) < 4.78 is 40.0. The van der Waals surface area contributed by atoms with Crippen molar-refractivity contribution in [3.63, 3.8) is 0 Å². The molecule has 0 spiro atoms. The van der Waals surface area contributed by atoms with Crippen LogP contribution in [0.1, 0.15) is 29.4 Å². The second-order valence-electron chi connectivity index (χ2n) is 8.12. The normalized spacial score (nSPS) is 18.0. The summed E-state index contributed by atoms with van der Waals surface area (Å²) in [6, 6.07) is 9.56. The van der Waals surface area contributed by atoms with Crippen LogP contribution in [-0.2, 0) is 22.8 Å². The predicted octanol–water partition coefficient (Wildman–Crippen LogP) is 2.62. The molecule has 1 fully saturated rings. The minimum absolute atomic E-state index is 0.0196. The van der Waals surface area contributed by atoms with E-state index in [4.69, 9.17) is 0 Å². The number of carbonyl (C=O) groups is 3. The van der Waals surface area contributed by atoms with Crippen molar-refractivity contribution < 1.29 is 27.6 Å². The molecule has 3 amide bonds. The van der Waals surface area contributed by atoms with E-state index in [-0.39, 0.29) is 5.69 Å². The lowest BCUT2D eigenvalue weighted by Gasteiger charge is -2.19. The molecule has 0 saturated carbocycles. The minimum atomic E-state index is -4.45. The van der Waals surface area contributed by atoms with E-state index in [2.05, 4.69) is 26.6 Å². The molecule has 12 heteroatoms. The molecule has 0 aliphatic carbocycles. The van der Waals surface area contributed by atoms with Crippen LogP contribution in [0, 0.1) is 5.41 Å². The molecular weight excluding hydrogens is 453 g/mol. The molecule has 9 nitrogen and oxygen atoms in total. The third-order valence-electron chi connectivity index (χ3n) is 5.79. The number of hydrogen-bond acceptors (Lipinski definition) is 5. The van der Waals surface area contributed by atoms with Crippen LogP contribution in [0.5, 0.6) is 0 Å². The first-order valence-corrected chi connectivity index (χ1v) is 10.3. The number of nitrogens with zero attached hydrogens (tertiary/aromatic N) is 2. The van der Waals surface area contributed by atoms with Gasteiger partial charge in [0.1, 0.15) is 5.41 Å². The summed E-state index contributed by atoms with van der Waals surface area (Å²) in [5, 5.41) is 10.2. The van der Waals surface area contributed by atoms with Crippen LogP contribution < -0.4 is 21.5 Å². The Morgan fingerprint density at radius 1 is 1.12 bits per heavy atom. The Morgan fingerprint density at radius 2 is 1.82 bits per heavy atom. The van der Waals surface area contributed by atoms with Crippen molar-refractivity contribution in [1.29, 1.82) is 0 Å². The van der Waals surface area contributed by atoms with E-state index >= 15 is 0 Å². The van der Waals surface area contributed by atoms with Gasteiger partial charge < -0.3 is 10.6 Å². The summed E-state index contributed by atoms with van der Waals surface area (Å²) >= 11 is 0. The highest BCUT2D eigenvalue weighted by molar-refractivity contribution is 6.11. The van der Waals surface area contributed by atoms with E-state index in [1.54, 1.807) is 25.2 Å². The van der Waals surface area contributed by atoms with Crippen LogP contribution in [0.25, 0.3) is 10.9 Å². The smallest absolute Gasteiger partial charge is 0.355 e. The number of hydrogen-bond donors (Lipinski definition) is 4. The third-order valence-corrected chi connectivity index (χ3v) is 5.79. The van der Waals surface area contributed by atoms with Crippen molar-refractivity contribution in [2.45, 2.75) is 19.5 Å². The van der Waals surface area contributed by atoms with Gasteiger partial charge in [-0.15, -0.1) is 0 Å². The maximum absolute atomic E-state index is 12.9. The fraction of sp³-hybridized carbons (Fsp3) is 0.273. The van der Waals surface area contributed by atoms with Gasteiger partial charge in [-0.3, -0.25) is 29.9 Å². The Balaban J connectivity index is 1.58.